The van der Waals surface area contributed by atoms with E-state index < -0.39 is 34.5 Å². The van der Waals surface area contributed by atoms with Gasteiger partial charge in [-0.2, -0.15) is 13.1 Å². The van der Waals surface area contributed by atoms with Gasteiger partial charge in [0.05, 0.1) is 18.2 Å². The Kier molecular flexibility index (Phi) is 6.71. The predicted octanol–water partition coefficient (Wildman–Crippen LogP) is 2.85. The molecule has 0 saturated heterocycles. The molecule has 5 N–H and O–H groups in total. The molecule has 8 nitrogen and oxygen atoms in total. The Hall–Kier alpha value is -0.740. The molecule has 0 aromatic heterocycles. The SMILES string of the molecule is C[C@H](CCC(=O)O)C1CC[C@H]2C3C(NS(=O)(=O)O)[C@H](O)C4C[C@H](O)CCC4(C)[C@H]3CCC12C. The van der Waals surface area contributed by atoms with Gasteiger partial charge in [-0.1, -0.05) is 20.8 Å². The summed E-state index contributed by atoms with van der Waals surface area (Å²) in [7, 11) is -4.51. The van der Waals surface area contributed by atoms with Crippen LogP contribution in [0.1, 0.15) is 78.6 Å². The minimum absolute atomic E-state index is 0.0602. The molecule has 190 valence electrons. The Morgan fingerprint density at radius 1 is 1.03 bits per heavy atom. The monoisotopic (exact) mass is 487 g/mol. The molecule has 0 heterocycles. The number of hydrogen-bond acceptors (Lipinski definition) is 5. The molecular weight excluding hydrogens is 446 g/mol. The van der Waals surface area contributed by atoms with E-state index in [9.17, 15) is 28.0 Å². The van der Waals surface area contributed by atoms with Crippen LogP contribution in [-0.2, 0) is 15.1 Å². The van der Waals surface area contributed by atoms with Crippen molar-refractivity contribution in [2.24, 2.45) is 46.3 Å². The van der Waals surface area contributed by atoms with Crippen molar-refractivity contribution < 1.29 is 33.1 Å². The Morgan fingerprint density at radius 2 is 1.67 bits per heavy atom. The zero-order valence-corrected chi connectivity index (χ0v) is 20.8. The summed E-state index contributed by atoms with van der Waals surface area (Å²) in [6, 6.07) is -0.786. The molecule has 0 bridgehead atoms. The number of carboxylic acid groups (broad SMARTS) is 1. The van der Waals surface area contributed by atoms with Gasteiger partial charge in [0.1, 0.15) is 0 Å². The van der Waals surface area contributed by atoms with Gasteiger partial charge in [-0.05, 0) is 97.7 Å². The first-order valence-electron chi connectivity index (χ1n) is 12.6. The van der Waals surface area contributed by atoms with Crippen molar-refractivity contribution in [2.75, 3.05) is 0 Å². The summed E-state index contributed by atoms with van der Waals surface area (Å²) in [5.41, 5.74) is -0.246. The van der Waals surface area contributed by atoms with Crippen LogP contribution in [0.3, 0.4) is 0 Å². The van der Waals surface area contributed by atoms with Gasteiger partial charge in [0.25, 0.3) is 0 Å². The van der Waals surface area contributed by atoms with Crippen molar-refractivity contribution in [1.29, 1.82) is 0 Å². The maximum absolute atomic E-state index is 11.9. The average Bonchev–Trinajstić information content (AvgIpc) is 3.07. The topological polar surface area (TPSA) is 144 Å². The van der Waals surface area contributed by atoms with Crippen LogP contribution in [0.25, 0.3) is 0 Å². The fourth-order valence-electron chi connectivity index (χ4n) is 9.12. The molecule has 0 aliphatic heterocycles. The number of aliphatic hydroxyl groups is 2. The summed E-state index contributed by atoms with van der Waals surface area (Å²) in [5, 5.41) is 30.9. The van der Waals surface area contributed by atoms with Crippen LogP contribution in [0, 0.1) is 46.3 Å². The van der Waals surface area contributed by atoms with Gasteiger partial charge in [-0.25, -0.2) is 0 Å². The van der Waals surface area contributed by atoms with Gasteiger partial charge < -0.3 is 15.3 Å². The zero-order valence-electron chi connectivity index (χ0n) is 20.0. The molecule has 4 rings (SSSR count). The first kappa shape index (κ1) is 25.4. The molecule has 0 aromatic carbocycles. The third kappa shape index (κ3) is 4.37. The quantitative estimate of drug-likeness (QED) is 0.362. The Bertz CT molecular complexity index is 865. The van der Waals surface area contributed by atoms with Gasteiger partial charge in [0.2, 0.25) is 0 Å². The van der Waals surface area contributed by atoms with Gasteiger partial charge >= 0.3 is 16.3 Å². The van der Waals surface area contributed by atoms with E-state index in [1.807, 2.05) is 0 Å². The van der Waals surface area contributed by atoms with Crippen molar-refractivity contribution in [3.63, 3.8) is 0 Å². The highest BCUT2D eigenvalue weighted by molar-refractivity contribution is 7.83. The van der Waals surface area contributed by atoms with Gasteiger partial charge in [-0.15, -0.1) is 0 Å². The minimum atomic E-state index is -4.51. The smallest absolute Gasteiger partial charge is 0.333 e. The Morgan fingerprint density at radius 3 is 2.30 bits per heavy atom. The fourth-order valence-corrected chi connectivity index (χ4v) is 9.76. The summed E-state index contributed by atoms with van der Waals surface area (Å²) in [4.78, 5) is 11.1. The summed E-state index contributed by atoms with van der Waals surface area (Å²) in [6.45, 7) is 6.62. The second-order valence-corrected chi connectivity index (χ2v) is 13.3. The van der Waals surface area contributed by atoms with E-state index in [-0.39, 0.29) is 46.8 Å². The highest BCUT2D eigenvalue weighted by Gasteiger charge is 2.65. The van der Waals surface area contributed by atoms with Crippen LogP contribution in [-0.4, -0.2) is 52.5 Å². The summed E-state index contributed by atoms with van der Waals surface area (Å²) in [5.74, 6) is -0.119. The summed E-state index contributed by atoms with van der Waals surface area (Å²) < 4.78 is 36.0. The molecule has 0 spiro atoms. The van der Waals surface area contributed by atoms with E-state index in [2.05, 4.69) is 25.5 Å². The molecule has 4 aliphatic rings. The predicted molar refractivity (Wildman–Crippen MR) is 123 cm³/mol. The zero-order chi connectivity index (χ0) is 24.3. The Labute approximate surface area is 197 Å². The number of aliphatic carboxylic acids is 1. The van der Waals surface area contributed by atoms with Crippen LogP contribution in [0.15, 0.2) is 0 Å². The molecule has 9 heteroatoms. The lowest BCUT2D eigenvalue weighted by Crippen LogP contribution is -2.68. The van der Waals surface area contributed by atoms with Crippen molar-refractivity contribution in [2.45, 2.75) is 96.8 Å². The van der Waals surface area contributed by atoms with Crippen LogP contribution < -0.4 is 4.72 Å². The highest BCUT2D eigenvalue weighted by atomic mass is 32.2. The largest absolute Gasteiger partial charge is 0.481 e. The van der Waals surface area contributed by atoms with Crippen LogP contribution in [0.5, 0.6) is 0 Å². The minimum Gasteiger partial charge on any atom is -0.481 e. The number of hydrogen-bond donors (Lipinski definition) is 5. The molecule has 6 unspecified atom stereocenters. The van der Waals surface area contributed by atoms with Gasteiger partial charge in [0, 0.05) is 6.42 Å². The lowest BCUT2D eigenvalue weighted by molar-refractivity contribution is -0.184. The molecule has 4 fully saturated rings. The lowest BCUT2D eigenvalue weighted by atomic mass is 9.42. The first-order valence-corrected chi connectivity index (χ1v) is 14.0. The molecule has 0 radical (unpaired) electrons. The fraction of sp³-hybridized carbons (Fsp3) is 0.958. The van der Waals surface area contributed by atoms with Crippen molar-refractivity contribution in [3.8, 4) is 0 Å². The third-order valence-electron chi connectivity index (χ3n) is 10.6. The van der Waals surface area contributed by atoms with Crippen LogP contribution in [0.2, 0.25) is 0 Å². The third-order valence-corrected chi connectivity index (χ3v) is 11.2. The van der Waals surface area contributed by atoms with E-state index in [1.54, 1.807) is 0 Å². The molecule has 0 amide bonds. The molecule has 4 saturated carbocycles. The van der Waals surface area contributed by atoms with E-state index >= 15 is 0 Å². The average molecular weight is 488 g/mol. The number of nitrogens with one attached hydrogen (secondary N) is 1. The number of fused-ring (bicyclic) bond motifs is 5. The number of carbonyl (C=O) groups is 1. The summed E-state index contributed by atoms with van der Waals surface area (Å²) in [6.07, 6.45) is 5.05. The van der Waals surface area contributed by atoms with Crippen LogP contribution in [0.4, 0.5) is 0 Å². The molecular formula is C24H41NO7S. The molecule has 33 heavy (non-hydrogen) atoms. The van der Waals surface area contributed by atoms with E-state index in [4.69, 9.17) is 5.11 Å². The second kappa shape index (κ2) is 8.73. The highest BCUT2D eigenvalue weighted by Crippen LogP contribution is 2.68. The van der Waals surface area contributed by atoms with Crippen molar-refractivity contribution in [1.82, 2.24) is 4.72 Å². The van der Waals surface area contributed by atoms with E-state index in [0.717, 1.165) is 32.1 Å². The standard InChI is InChI=1S/C24H41NO7S/c1-13(4-7-19(27)28)15-5-6-16-20-17(9-11-23(15,16)2)24(3)10-8-14(26)12-18(24)22(29)21(20)25-33(30,31)32/h13-18,20-22,25-26,29H,4-12H2,1-3H3,(H,27,28)(H,30,31,32)/t13-,14-,15?,16+,17+,18?,20?,21?,22-,23?,24?/m1/s1. The first-order chi connectivity index (χ1) is 15.3. The second-order valence-electron chi connectivity index (χ2n) is 12.1. The maximum atomic E-state index is 11.9. The van der Waals surface area contributed by atoms with E-state index in [1.165, 1.54) is 0 Å². The molecule has 11 atom stereocenters. The maximum Gasteiger partial charge on any atom is 0.333 e. The van der Waals surface area contributed by atoms with E-state index in [0.29, 0.717) is 25.2 Å². The number of rotatable bonds is 6. The summed E-state index contributed by atoms with van der Waals surface area (Å²) >= 11 is 0. The molecule has 0 aromatic rings. The van der Waals surface area contributed by atoms with Crippen LogP contribution >= 0.6 is 0 Å². The van der Waals surface area contributed by atoms with Crippen molar-refractivity contribution in [3.05, 3.63) is 0 Å². The lowest BCUT2D eigenvalue weighted by Gasteiger charge is -2.64. The Balaban J connectivity index is 1.69. The van der Waals surface area contributed by atoms with Gasteiger partial charge in [-0.3, -0.25) is 9.35 Å². The number of carboxylic acids is 1. The number of aliphatic hydroxyl groups excluding tert-OH is 2. The van der Waals surface area contributed by atoms with Gasteiger partial charge in [0.15, 0.2) is 0 Å². The van der Waals surface area contributed by atoms with Crippen molar-refractivity contribution >= 4 is 16.3 Å². The molecule has 4 aliphatic carbocycles. The normalized spacial score (nSPS) is 48.4.